The van der Waals surface area contributed by atoms with Gasteiger partial charge < -0.3 is 24.8 Å². The van der Waals surface area contributed by atoms with Gasteiger partial charge in [0.1, 0.15) is 12.1 Å². The molecular formula is C34H38N4O4. The lowest BCUT2D eigenvalue weighted by Crippen LogP contribution is -2.54. The van der Waals surface area contributed by atoms with Crippen molar-refractivity contribution in [2.24, 2.45) is 0 Å². The number of carbonyl (C=O) groups excluding carboxylic acids is 3. The molecule has 0 spiro atoms. The molecule has 0 aliphatic carbocycles. The van der Waals surface area contributed by atoms with E-state index in [4.69, 9.17) is 0 Å². The summed E-state index contributed by atoms with van der Waals surface area (Å²) in [6, 6.07) is 25.3. The van der Waals surface area contributed by atoms with Crippen LogP contribution in [0.2, 0.25) is 0 Å². The Kier molecular flexibility index (Phi) is 8.73. The van der Waals surface area contributed by atoms with Gasteiger partial charge in [0, 0.05) is 56.1 Å². The summed E-state index contributed by atoms with van der Waals surface area (Å²) in [6.07, 6.45) is 1.40. The molecule has 4 aromatic rings. The molecule has 1 aliphatic heterocycles. The molecule has 5 rings (SSSR count). The maximum atomic E-state index is 13.9. The van der Waals surface area contributed by atoms with Gasteiger partial charge in [0.05, 0.1) is 11.7 Å². The maximum Gasteiger partial charge on any atom is 0.256 e. The van der Waals surface area contributed by atoms with Gasteiger partial charge in [-0.25, -0.2) is 0 Å². The van der Waals surface area contributed by atoms with Gasteiger partial charge in [-0.05, 0) is 31.0 Å². The van der Waals surface area contributed by atoms with E-state index in [1.165, 1.54) is 4.90 Å². The maximum absolute atomic E-state index is 13.9. The molecule has 3 amide bonds. The molecular weight excluding hydrogens is 528 g/mol. The number of fused-ring (bicyclic) bond motifs is 1. The minimum atomic E-state index is -0.904. The molecule has 8 nitrogen and oxygen atoms in total. The van der Waals surface area contributed by atoms with E-state index in [2.05, 4.69) is 19.2 Å². The van der Waals surface area contributed by atoms with Crippen LogP contribution in [-0.4, -0.2) is 69.0 Å². The van der Waals surface area contributed by atoms with Crippen LogP contribution >= 0.6 is 0 Å². The zero-order chi connectivity index (χ0) is 29.8. The molecule has 1 saturated heterocycles. The summed E-state index contributed by atoms with van der Waals surface area (Å²) in [6.45, 7) is 4.54. The Morgan fingerprint density at radius 1 is 0.929 bits per heavy atom. The summed E-state index contributed by atoms with van der Waals surface area (Å²) < 4.78 is 2.04. The molecule has 0 radical (unpaired) electrons. The third kappa shape index (κ3) is 6.24. The predicted molar refractivity (Wildman–Crippen MR) is 163 cm³/mol. The molecule has 3 aromatic carbocycles. The van der Waals surface area contributed by atoms with Crippen molar-refractivity contribution in [3.63, 3.8) is 0 Å². The van der Waals surface area contributed by atoms with E-state index in [0.29, 0.717) is 18.5 Å². The first-order chi connectivity index (χ1) is 20.2. The van der Waals surface area contributed by atoms with Crippen LogP contribution in [0.3, 0.4) is 0 Å². The van der Waals surface area contributed by atoms with Gasteiger partial charge in [-0.3, -0.25) is 14.4 Å². The third-order valence-electron chi connectivity index (χ3n) is 7.91. The zero-order valence-corrected chi connectivity index (χ0v) is 24.3. The lowest BCUT2D eigenvalue weighted by Gasteiger charge is -2.28. The number of hydrogen-bond donors (Lipinski definition) is 2. The average molecular weight is 567 g/mol. The average Bonchev–Trinajstić information content (AvgIpc) is 3.58. The van der Waals surface area contributed by atoms with Crippen molar-refractivity contribution in [3.8, 4) is 0 Å². The van der Waals surface area contributed by atoms with Gasteiger partial charge in [-0.15, -0.1) is 0 Å². The first-order valence-electron chi connectivity index (χ1n) is 14.4. The fourth-order valence-corrected chi connectivity index (χ4v) is 5.76. The van der Waals surface area contributed by atoms with Crippen molar-refractivity contribution >= 4 is 28.6 Å². The largest absolute Gasteiger partial charge is 0.391 e. The smallest absolute Gasteiger partial charge is 0.256 e. The number of aliphatic hydroxyl groups excluding tert-OH is 1. The van der Waals surface area contributed by atoms with Crippen LogP contribution in [0.1, 0.15) is 47.8 Å². The van der Waals surface area contributed by atoms with Crippen LogP contribution in [0, 0.1) is 0 Å². The Morgan fingerprint density at radius 3 is 2.21 bits per heavy atom. The monoisotopic (exact) mass is 566 g/mol. The highest BCUT2D eigenvalue weighted by molar-refractivity contribution is 6.08. The highest BCUT2D eigenvalue weighted by atomic mass is 16.3. The van der Waals surface area contributed by atoms with Crippen LogP contribution in [0.5, 0.6) is 0 Å². The number of carbonyl (C=O) groups is 3. The predicted octanol–water partition coefficient (Wildman–Crippen LogP) is 4.18. The van der Waals surface area contributed by atoms with E-state index in [0.717, 1.165) is 22.0 Å². The number of benzene rings is 3. The van der Waals surface area contributed by atoms with Crippen LogP contribution in [0.15, 0.2) is 91.1 Å². The number of β-amino-alcohol motifs (C(OH)–C–C–N with tert-alkyl or cyclic N) is 1. The molecule has 0 bridgehead atoms. The van der Waals surface area contributed by atoms with E-state index in [1.807, 2.05) is 95.7 Å². The second-order valence-electron chi connectivity index (χ2n) is 11.4. The van der Waals surface area contributed by atoms with Gasteiger partial charge in [0.25, 0.3) is 5.91 Å². The van der Waals surface area contributed by atoms with Crippen molar-refractivity contribution in [2.75, 3.05) is 13.6 Å². The second kappa shape index (κ2) is 12.6. The highest BCUT2D eigenvalue weighted by Gasteiger charge is 2.41. The summed E-state index contributed by atoms with van der Waals surface area (Å²) in [5.74, 6) is -0.989. The van der Waals surface area contributed by atoms with Crippen LogP contribution in [0.4, 0.5) is 0 Å². The number of aliphatic hydroxyl groups is 1. The van der Waals surface area contributed by atoms with Gasteiger partial charge >= 0.3 is 0 Å². The summed E-state index contributed by atoms with van der Waals surface area (Å²) in [4.78, 5) is 44.5. The Hall–Kier alpha value is -4.43. The molecule has 0 saturated carbocycles. The second-order valence-corrected chi connectivity index (χ2v) is 11.4. The first kappa shape index (κ1) is 29.1. The van der Waals surface area contributed by atoms with E-state index in [-0.39, 0.29) is 30.8 Å². The first-order valence-corrected chi connectivity index (χ1v) is 14.4. The minimum absolute atomic E-state index is 0.0450. The molecule has 42 heavy (non-hydrogen) atoms. The van der Waals surface area contributed by atoms with Crippen LogP contribution in [-0.2, 0) is 22.6 Å². The molecule has 1 aromatic heterocycles. The molecule has 218 valence electrons. The van der Waals surface area contributed by atoms with Crippen molar-refractivity contribution in [1.29, 1.82) is 0 Å². The van der Waals surface area contributed by atoms with Crippen molar-refractivity contribution in [1.82, 2.24) is 19.7 Å². The van der Waals surface area contributed by atoms with Crippen LogP contribution < -0.4 is 5.32 Å². The lowest BCUT2D eigenvalue weighted by atomic mass is 10.0. The zero-order valence-electron chi connectivity index (χ0n) is 24.3. The summed E-state index contributed by atoms with van der Waals surface area (Å²) >= 11 is 0. The number of likely N-dealkylation sites (tertiary alicyclic amines) is 1. The number of hydrogen-bond acceptors (Lipinski definition) is 4. The normalized spacial score (nSPS) is 17.4. The number of amides is 3. The number of likely N-dealkylation sites (N-methyl/N-ethyl adjacent to an activating group) is 1. The lowest BCUT2D eigenvalue weighted by molar-refractivity contribution is -0.136. The van der Waals surface area contributed by atoms with Gasteiger partial charge in [-0.1, -0.05) is 78.9 Å². The Labute approximate surface area is 246 Å². The Morgan fingerprint density at radius 2 is 1.55 bits per heavy atom. The fraction of sp³-hybridized carbons (Fsp3) is 0.324. The van der Waals surface area contributed by atoms with Crippen LogP contribution in [0.25, 0.3) is 10.9 Å². The van der Waals surface area contributed by atoms with Crippen molar-refractivity contribution in [2.45, 2.75) is 57.5 Å². The Bertz CT molecular complexity index is 1550. The standard InChI is InChI=1S/C34H38N4O4/c1-23(2)37-22-28(27-16-10-11-17-30(27)37)33(41)38-21-26(39)19-31(38)32(40)35-29(18-24-12-6-4-7-13-24)34(42)36(3)20-25-14-8-5-9-15-25/h4-17,22-23,26,29,31,39H,18-21H2,1-3H3,(H,35,40)/t26-,29+,31+/m1/s1. The summed E-state index contributed by atoms with van der Waals surface area (Å²) in [5.41, 5.74) is 3.32. The summed E-state index contributed by atoms with van der Waals surface area (Å²) in [5, 5.41) is 14.4. The third-order valence-corrected chi connectivity index (χ3v) is 7.91. The Balaban J connectivity index is 1.39. The number of para-hydroxylation sites is 1. The molecule has 1 aliphatic rings. The van der Waals surface area contributed by atoms with E-state index >= 15 is 0 Å². The molecule has 1 fully saturated rings. The number of rotatable bonds is 9. The van der Waals surface area contributed by atoms with Gasteiger partial charge in [0.15, 0.2) is 0 Å². The fourth-order valence-electron chi connectivity index (χ4n) is 5.76. The number of nitrogens with zero attached hydrogens (tertiary/aromatic N) is 3. The molecule has 8 heteroatoms. The number of aromatic nitrogens is 1. The van der Waals surface area contributed by atoms with Gasteiger partial charge in [0.2, 0.25) is 11.8 Å². The minimum Gasteiger partial charge on any atom is -0.391 e. The van der Waals surface area contributed by atoms with E-state index < -0.39 is 24.1 Å². The van der Waals surface area contributed by atoms with Crippen molar-refractivity contribution in [3.05, 3.63) is 108 Å². The molecule has 2 heterocycles. The molecule has 3 atom stereocenters. The SMILES string of the molecule is CC(C)n1cc(C(=O)N2C[C@H](O)C[C@H]2C(=O)N[C@@H](Cc2ccccc2)C(=O)N(C)Cc2ccccc2)c2ccccc21. The van der Waals surface area contributed by atoms with E-state index in [9.17, 15) is 19.5 Å². The van der Waals surface area contributed by atoms with Crippen molar-refractivity contribution < 1.29 is 19.5 Å². The quantitative estimate of drug-likeness (QED) is 0.318. The highest BCUT2D eigenvalue weighted by Crippen LogP contribution is 2.29. The summed E-state index contributed by atoms with van der Waals surface area (Å²) in [7, 11) is 1.72. The number of nitrogens with one attached hydrogen (secondary N) is 1. The van der Waals surface area contributed by atoms with Gasteiger partial charge in [-0.2, -0.15) is 0 Å². The van der Waals surface area contributed by atoms with E-state index in [1.54, 1.807) is 11.9 Å². The molecule has 2 N–H and O–H groups in total. The topological polar surface area (TPSA) is 94.9 Å². The molecule has 0 unspecified atom stereocenters.